The summed E-state index contributed by atoms with van der Waals surface area (Å²) in [7, 11) is 1.53. The summed E-state index contributed by atoms with van der Waals surface area (Å²) in [6, 6.07) is 11.4. The standard InChI is InChI=1S/C20H21N7O2/c1-25-18(28)20(27(19(25)29)12-14-5-3-2-4-6-14)7-9-26(10-8-20)17-15(11-21)16(22)23-13-24-17/h2-6,13H,7-10,12H2,1H3,(H2,22,23,24). The van der Waals surface area contributed by atoms with Crippen LogP contribution in [0.3, 0.4) is 0 Å². The van der Waals surface area contributed by atoms with Gasteiger partial charge in [0.25, 0.3) is 5.91 Å². The SMILES string of the molecule is CN1C(=O)N(Cc2ccccc2)C2(CCN(c3ncnc(N)c3C#N)CC2)C1=O. The van der Waals surface area contributed by atoms with E-state index in [0.717, 1.165) is 5.56 Å². The zero-order chi connectivity index (χ0) is 20.6. The zero-order valence-corrected chi connectivity index (χ0v) is 16.1. The van der Waals surface area contributed by atoms with Gasteiger partial charge in [0, 0.05) is 26.7 Å². The molecule has 2 N–H and O–H groups in total. The number of nitrogen functional groups attached to an aromatic ring is 1. The zero-order valence-electron chi connectivity index (χ0n) is 16.1. The molecule has 2 aliphatic heterocycles. The van der Waals surface area contributed by atoms with E-state index in [4.69, 9.17) is 5.73 Å². The van der Waals surface area contributed by atoms with Gasteiger partial charge in [0.05, 0.1) is 0 Å². The molecule has 9 nitrogen and oxygen atoms in total. The Hall–Kier alpha value is -3.67. The Morgan fingerprint density at radius 3 is 2.52 bits per heavy atom. The largest absolute Gasteiger partial charge is 0.382 e. The molecule has 1 spiro atoms. The molecule has 0 unspecified atom stereocenters. The van der Waals surface area contributed by atoms with Crippen molar-refractivity contribution in [3.05, 3.63) is 47.8 Å². The van der Waals surface area contributed by atoms with E-state index in [0.29, 0.717) is 38.3 Å². The van der Waals surface area contributed by atoms with Gasteiger partial charge >= 0.3 is 6.03 Å². The van der Waals surface area contributed by atoms with Gasteiger partial charge in [-0.3, -0.25) is 9.69 Å². The predicted molar refractivity (Wildman–Crippen MR) is 105 cm³/mol. The van der Waals surface area contributed by atoms with E-state index >= 15 is 0 Å². The number of rotatable bonds is 3. The van der Waals surface area contributed by atoms with Gasteiger partial charge in [0.15, 0.2) is 5.82 Å². The number of piperidine rings is 1. The number of nitrogens with two attached hydrogens (primary N) is 1. The number of urea groups is 1. The molecule has 0 atom stereocenters. The van der Waals surface area contributed by atoms with Crippen molar-refractivity contribution in [1.29, 1.82) is 5.26 Å². The highest BCUT2D eigenvalue weighted by molar-refractivity contribution is 6.06. The maximum absolute atomic E-state index is 13.1. The van der Waals surface area contributed by atoms with Crippen molar-refractivity contribution in [3.63, 3.8) is 0 Å². The number of amides is 3. The van der Waals surface area contributed by atoms with Gasteiger partial charge in [-0.15, -0.1) is 0 Å². The third-order valence-electron chi connectivity index (χ3n) is 5.78. The molecule has 4 rings (SSSR count). The summed E-state index contributed by atoms with van der Waals surface area (Å²) in [6.45, 7) is 1.33. The van der Waals surface area contributed by atoms with Crippen LogP contribution in [-0.4, -0.2) is 57.4 Å². The van der Waals surface area contributed by atoms with Gasteiger partial charge < -0.3 is 15.5 Å². The van der Waals surface area contributed by atoms with Gasteiger partial charge in [-0.2, -0.15) is 5.26 Å². The van der Waals surface area contributed by atoms with Crippen LogP contribution in [0, 0.1) is 11.3 Å². The van der Waals surface area contributed by atoms with E-state index in [1.54, 1.807) is 4.90 Å². The Morgan fingerprint density at radius 1 is 1.17 bits per heavy atom. The fraction of sp³-hybridized carbons (Fsp3) is 0.350. The molecule has 2 saturated heterocycles. The van der Waals surface area contributed by atoms with Crippen LogP contribution >= 0.6 is 0 Å². The molecule has 0 radical (unpaired) electrons. The molecule has 0 bridgehead atoms. The van der Waals surface area contributed by atoms with Crippen LogP contribution in [-0.2, 0) is 11.3 Å². The molecule has 3 heterocycles. The first kappa shape index (κ1) is 18.7. The lowest BCUT2D eigenvalue weighted by Crippen LogP contribution is -2.56. The summed E-state index contributed by atoms with van der Waals surface area (Å²) in [5, 5.41) is 9.40. The summed E-state index contributed by atoms with van der Waals surface area (Å²) >= 11 is 0. The van der Waals surface area contributed by atoms with Gasteiger partial charge in [-0.1, -0.05) is 30.3 Å². The maximum Gasteiger partial charge on any atom is 0.327 e. The van der Waals surface area contributed by atoms with E-state index in [9.17, 15) is 14.9 Å². The smallest absolute Gasteiger partial charge is 0.327 e. The molecular formula is C20H21N7O2. The lowest BCUT2D eigenvalue weighted by molar-refractivity contribution is -0.133. The Kier molecular flexibility index (Phi) is 4.54. The molecule has 1 aromatic heterocycles. The molecule has 29 heavy (non-hydrogen) atoms. The first-order valence-electron chi connectivity index (χ1n) is 9.37. The lowest BCUT2D eigenvalue weighted by atomic mass is 9.85. The van der Waals surface area contributed by atoms with Crippen molar-refractivity contribution in [2.24, 2.45) is 0 Å². The van der Waals surface area contributed by atoms with Gasteiger partial charge in [-0.25, -0.2) is 14.8 Å². The van der Waals surface area contributed by atoms with E-state index in [-0.39, 0.29) is 23.3 Å². The number of hydrogen-bond donors (Lipinski definition) is 1. The topological polar surface area (TPSA) is 119 Å². The number of carbonyl (C=O) groups is 2. The molecule has 2 fully saturated rings. The van der Waals surface area contributed by atoms with Crippen molar-refractivity contribution in [1.82, 2.24) is 19.8 Å². The second-order valence-electron chi connectivity index (χ2n) is 7.31. The fourth-order valence-corrected chi connectivity index (χ4v) is 4.17. The summed E-state index contributed by atoms with van der Waals surface area (Å²) in [5.74, 6) is 0.422. The molecule has 148 valence electrons. The van der Waals surface area contributed by atoms with Crippen LogP contribution < -0.4 is 10.6 Å². The quantitative estimate of drug-likeness (QED) is 0.785. The monoisotopic (exact) mass is 391 g/mol. The normalized spacial score (nSPS) is 18.4. The second kappa shape index (κ2) is 7.05. The minimum Gasteiger partial charge on any atom is -0.382 e. The predicted octanol–water partition coefficient (Wildman–Crippen LogP) is 1.36. The number of likely N-dealkylation sites (N-methyl/N-ethyl adjacent to an activating group) is 1. The van der Waals surface area contributed by atoms with Crippen LogP contribution in [0.2, 0.25) is 0 Å². The molecule has 0 saturated carbocycles. The van der Waals surface area contributed by atoms with E-state index in [1.807, 2.05) is 35.2 Å². The average Bonchev–Trinajstić information content (AvgIpc) is 2.91. The number of anilines is 2. The number of benzene rings is 1. The van der Waals surface area contributed by atoms with E-state index in [2.05, 4.69) is 16.0 Å². The number of nitriles is 1. The highest BCUT2D eigenvalue weighted by Crippen LogP contribution is 2.39. The Bertz CT molecular complexity index is 994. The van der Waals surface area contributed by atoms with Crippen LogP contribution in [0.15, 0.2) is 36.7 Å². The third-order valence-corrected chi connectivity index (χ3v) is 5.78. The van der Waals surface area contributed by atoms with Crippen molar-refractivity contribution in [2.75, 3.05) is 30.8 Å². The highest BCUT2D eigenvalue weighted by atomic mass is 16.2. The van der Waals surface area contributed by atoms with Gasteiger partial charge in [0.2, 0.25) is 0 Å². The van der Waals surface area contributed by atoms with Crippen LogP contribution in [0.25, 0.3) is 0 Å². The fourth-order valence-electron chi connectivity index (χ4n) is 4.17. The highest BCUT2D eigenvalue weighted by Gasteiger charge is 2.56. The number of carbonyl (C=O) groups excluding carboxylic acids is 2. The first-order valence-corrected chi connectivity index (χ1v) is 9.37. The first-order chi connectivity index (χ1) is 14.0. The maximum atomic E-state index is 13.1. The average molecular weight is 391 g/mol. The van der Waals surface area contributed by atoms with Gasteiger partial charge in [0.1, 0.15) is 29.3 Å². The molecule has 1 aromatic carbocycles. The summed E-state index contributed by atoms with van der Waals surface area (Å²) in [4.78, 5) is 38.8. The van der Waals surface area contributed by atoms with Crippen molar-refractivity contribution in [2.45, 2.75) is 24.9 Å². The molecule has 2 aromatic rings. The molecule has 3 amide bonds. The minimum atomic E-state index is -0.885. The summed E-state index contributed by atoms with van der Waals surface area (Å²) in [5.41, 5.74) is 6.13. The molecule has 0 aliphatic carbocycles. The third kappa shape index (κ3) is 2.93. The number of hydrogen-bond acceptors (Lipinski definition) is 7. The van der Waals surface area contributed by atoms with Crippen LogP contribution in [0.1, 0.15) is 24.0 Å². The van der Waals surface area contributed by atoms with Crippen molar-refractivity contribution >= 4 is 23.6 Å². The van der Waals surface area contributed by atoms with E-state index < -0.39 is 5.54 Å². The van der Waals surface area contributed by atoms with Gasteiger partial charge in [-0.05, 0) is 18.4 Å². The van der Waals surface area contributed by atoms with Crippen LogP contribution in [0.4, 0.5) is 16.4 Å². The van der Waals surface area contributed by atoms with Crippen molar-refractivity contribution in [3.8, 4) is 6.07 Å². The number of aromatic nitrogens is 2. The minimum absolute atomic E-state index is 0.135. The summed E-state index contributed by atoms with van der Waals surface area (Å²) in [6.07, 6.45) is 2.22. The molecular weight excluding hydrogens is 370 g/mol. The Balaban J connectivity index is 1.61. The molecule has 2 aliphatic rings. The number of imide groups is 1. The molecule has 9 heteroatoms. The van der Waals surface area contributed by atoms with Crippen LogP contribution in [0.5, 0.6) is 0 Å². The Labute approximate surface area is 168 Å². The lowest BCUT2D eigenvalue weighted by Gasteiger charge is -2.42. The Morgan fingerprint density at radius 2 is 1.86 bits per heavy atom. The summed E-state index contributed by atoms with van der Waals surface area (Å²) < 4.78 is 0. The van der Waals surface area contributed by atoms with Crippen molar-refractivity contribution < 1.29 is 9.59 Å². The number of nitrogens with zero attached hydrogens (tertiary/aromatic N) is 6. The van der Waals surface area contributed by atoms with E-state index in [1.165, 1.54) is 18.3 Å². The second-order valence-corrected chi connectivity index (χ2v) is 7.31.